The minimum atomic E-state index is -1.92. The molecule has 0 spiro atoms. The quantitative estimate of drug-likeness (QED) is 0.414. The van der Waals surface area contributed by atoms with E-state index in [0.717, 1.165) is 5.92 Å². The number of hydrogen-bond donors (Lipinski definition) is 0. The first-order chi connectivity index (χ1) is 8.14. The SMILES string of the molecule is CC=[CH][Sn]([CH2]CCC)([CH2]CCC)[CH2]C(C)CC. The summed E-state index contributed by atoms with van der Waals surface area (Å²) >= 11 is -1.92. The van der Waals surface area contributed by atoms with E-state index in [1.54, 1.807) is 13.3 Å². The molecule has 0 N–H and O–H groups in total. The van der Waals surface area contributed by atoms with Crippen LogP contribution >= 0.6 is 0 Å². The summed E-state index contributed by atoms with van der Waals surface area (Å²) in [7, 11) is 0. The van der Waals surface area contributed by atoms with E-state index in [2.05, 4.69) is 44.8 Å². The predicted molar refractivity (Wildman–Crippen MR) is 84.3 cm³/mol. The van der Waals surface area contributed by atoms with Crippen molar-refractivity contribution in [1.29, 1.82) is 0 Å². The van der Waals surface area contributed by atoms with Gasteiger partial charge in [0.2, 0.25) is 0 Å². The van der Waals surface area contributed by atoms with E-state index in [4.69, 9.17) is 0 Å². The van der Waals surface area contributed by atoms with Gasteiger partial charge in [0, 0.05) is 0 Å². The zero-order chi connectivity index (χ0) is 13.1. The van der Waals surface area contributed by atoms with Crippen LogP contribution in [0.3, 0.4) is 0 Å². The van der Waals surface area contributed by atoms with Crippen molar-refractivity contribution in [1.82, 2.24) is 0 Å². The molecule has 0 rings (SSSR count). The van der Waals surface area contributed by atoms with Crippen LogP contribution in [0.5, 0.6) is 0 Å². The summed E-state index contributed by atoms with van der Waals surface area (Å²) in [5.74, 6) is 0.954. The predicted octanol–water partition coefficient (Wildman–Crippen LogP) is 6.20. The third kappa shape index (κ3) is 7.54. The molecule has 0 aromatic rings. The molecule has 0 bridgehead atoms. The summed E-state index contributed by atoms with van der Waals surface area (Å²) in [4.78, 5) is 0. The van der Waals surface area contributed by atoms with E-state index in [1.165, 1.54) is 32.1 Å². The zero-order valence-electron chi connectivity index (χ0n) is 12.9. The van der Waals surface area contributed by atoms with Gasteiger partial charge in [0.25, 0.3) is 0 Å². The molecule has 0 aliphatic carbocycles. The van der Waals surface area contributed by atoms with E-state index in [1.807, 2.05) is 0 Å². The van der Waals surface area contributed by atoms with Crippen molar-refractivity contribution < 1.29 is 0 Å². The maximum atomic E-state index is 2.73. The molecule has 1 unspecified atom stereocenters. The number of allylic oxidation sites excluding steroid dienone is 1. The Bertz CT molecular complexity index is 188. The monoisotopic (exact) mass is 346 g/mol. The summed E-state index contributed by atoms with van der Waals surface area (Å²) in [6.07, 6.45) is 9.45. The van der Waals surface area contributed by atoms with Gasteiger partial charge >= 0.3 is 114 Å². The van der Waals surface area contributed by atoms with Crippen molar-refractivity contribution in [2.24, 2.45) is 5.92 Å². The molecule has 0 aliphatic rings. The summed E-state index contributed by atoms with van der Waals surface area (Å²) in [6, 6.07) is 0. The van der Waals surface area contributed by atoms with Crippen molar-refractivity contribution >= 4 is 18.4 Å². The second-order valence-corrected chi connectivity index (χ2v) is 18.5. The van der Waals surface area contributed by atoms with Crippen molar-refractivity contribution in [3.63, 3.8) is 0 Å². The van der Waals surface area contributed by atoms with Crippen LogP contribution in [0.25, 0.3) is 0 Å². The van der Waals surface area contributed by atoms with E-state index in [-0.39, 0.29) is 0 Å². The molecule has 0 aliphatic heterocycles. The molecule has 0 heterocycles. The molecule has 1 heteroatoms. The Morgan fingerprint density at radius 2 is 1.53 bits per heavy atom. The van der Waals surface area contributed by atoms with E-state index < -0.39 is 18.4 Å². The Balaban J connectivity index is 4.67. The third-order valence-electron chi connectivity index (χ3n) is 4.03. The Morgan fingerprint density at radius 1 is 1.00 bits per heavy atom. The van der Waals surface area contributed by atoms with Gasteiger partial charge in [-0.15, -0.1) is 0 Å². The summed E-state index contributed by atoms with van der Waals surface area (Å²) < 4.78 is 7.52. The van der Waals surface area contributed by atoms with E-state index >= 15 is 0 Å². The molecular weight excluding hydrogens is 311 g/mol. The van der Waals surface area contributed by atoms with Gasteiger partial charge < -0.3 is 0 Å². The Hall–Kier alpha value is 0.539. The molecule has 0 aromatic carbocycles. The van der Waals surface area contributed by atoms with Crippen LogP contribution in [0.1, 0.15) is 66.7 Å². The third-order valence-corrected chi connectivity index (χ3v) is 19.0. The zero-order valence-corrected chi connectivity index (χ0v) is 15.7. The van der Waals surface area contributed by atoms with Gasteiger partial charge in [-0.1, -0.05) is 0 Å². The van der Waals surface area contributed by atoms with Gasteiger partial charge in [-0.2, -0.15) is 0 Å². The first-order valence-corrected chi connectivity index (χ1v) is 15.5. The van der Waals surface area contributed by atoms with E-state index in [0.29, 0.717) is 0 Å². The molecule has 17 heavy (non-hydrogen) atoms. The first kappa shape index (κ1) is 17.5. The van der Waals surface area contributed by atoms with Gasteiger partial charge in [0.05, 0.1) is 0 Å². The number of hydrogen-bond acceptors (Lipinski definition) is 0. The molecule has 102 valence electrons. The molecule has 0 saturated carbocycles. The van der Waals surface area contributed by atoms with Gasteiger partial charge in [-0.25, -0.2) is 0 Å². The molecule has 0 aromatic heterocycles. The van der Waals surface area contributed by atoms with Gasteiger partial charge in [0.15, 0.2) is 0 Å². The molecule has 1 atom stereocenters. The molecule has 0 radical (unpaired) electrons. The second-order valence-electron chi connectivity index (χ2n) is 5.79. The van der Waals surface area contributed by atoms with Gasteiger partial charge in [0.1, 0.15) is 0 Å². The fourth-order valence-corrected chi connectivity index (χ4v) is 18.9. The van der Waals surface area contributed by atoms with Crippen LogP contribution in [-0.4, -0.2) is 18.4 Å². The Morgan fingerprint density at radius 3 is 1.88 bits per heavy atom. The number of rotatable bonds is 10. The average molecular weight is 345 g/mol. The van der Waals surface area contributed by atoms with Gasteiger partial charge in [-0.05, 0) is 0 Å². The molecule has 0 fully saturated rings. The summed E-state index contributed by atoms with van der Waals surface area (Å²) in [5, 5.41) is 0. The molecule has 0 saturated heterocycles. The molecule has 0 nitrogen and oxygen atoms in total. The molecule has 0 amide bonds. The van der Waals surface area contributed by atoms with E-state index in [9.17, 15) is 0 Å². The average Bonchev–Trinajstić information content (AvgIpc) is 2.34. The fourth-order valence-electron chi connectivity index (χ4n) is 2.81. The summed E-state index contributed by atoms with van der Waals surface area (Å²) in [6.45, 7) is 11.7. The Kier molecular flexibility index (Phi) is 10.8. The minimum absolute atomic E-state index is 0.954. The van der Waals surface area contributed by atoms with Crippen LogP contribution in [0.4, 0.5) is 0 Å². The molecular formula is C16H34Sn. The Labute approximate surface area is 114 Å². The first-order valence-electron chi connectivity index (χ1n) is 7.78. The normalized spacial score (nSPS) is 14.4. The standard InChI is InChI=1S/C5H11.2C4H9.C3H5.Sn/c1-4-5(2)3;2*1-3-4-2;1-3-2;/h5H,2,4H2,1,3H3;2*1,3-4H2,2H3;1,3H,2H3;. The van der Waals surface area contributed by atoms with Crippen LogP contribution < -0.4 is 0 Å². The fraction of sp³-hybridized carbons (Fsp3) is 0.875. The topological polar surface area (TPSA) is 0 Å². The van der Waals surface area contributed by atoms with Gasteiger partial charge in [-0.3, -0.25) is 0 Å². The van der Waals surface area contributed by atoms with Crippen LogP contribution in [0, 0.1) is 5.92 Å². The van der Waals surface area contributed by atoms with Crippen LogP contribution in [-0.2, 0) is 0 Å². The van der Waals surface area contributed by atoms with Crippen LogP contribution in [0.2, 0.25) is 13.3 Å². The van der Waals surface area contributed by atoms with Crippen molar-refractivity contribution in [3.05, 3.63) is 10.2 Å². The second kappa shape index (κ2) is 10.5. The summed E-state index contributed by atoms with van der Waals surface area (Å²) in [5.41, 5.74) is 0. The van der Waals surface area contributed by atoms with Crippen molar-refractivity contribution in [3.8, 4) is 0 Å². The van der Waals surface area contributed by atoms with Crippen LogP contribution in [0.15, 0.2) is 10.2 Å². The number of unbranched alkanes of at least 4 members (excludes halogenated alkanes) is 2. The van der Waals surface area contributed by atoms with Crippen molar-refractivity contribution in [2.45, 2.75) is 80.0 Å². The van der Waals surface area contributed by atoms with Crippen molar-refractivity contribution in [2.75, 3.05) is 0 Å². The maximum absolute atomic E-state index is 2.73.